The van der Waals surface area contributed by atoms with Crippen LogP contribution in [0.2, 0.25) is 0 Å². The van der Waals surface area contributed by atoms with Gasteiger partial charge in [0.25, 0.3) is 0 Å². The Balaban J connectivity index is 2.60. The van der Waals surface area contributed by atoms with Crippen LogP contribution in [0.1, 0.15) is 15.9 Å². The van der Waals surface area contributed by atoms with Crippen LogP contribution < -0.4 is 4.74 Å². The first-order chi connectivity index (χ1) is 6.72. The molecule has 0 atom stereocenters. The zero-order valence-electron chi connectivity index (χ0n) is 7.67. The summed E-state index contributed by atoms with van der Waals surface area (Å²) < 4.78 is 11.2. The Morgan fingerprint density at radius 2 is 2.21 bits per heavy atom. The number of carbonyl (C=O) groups is 1. The molecule has 0 N–H and O–H groups in total. The molecule has 0 bridgehead atoms. The molecule has 0 aromatic heterocycles. The Labute approximate surface area is 90.1 Å². The summed E-state index contributed by atoms with van der Waals surface area (Å²) in [5.41, 5.74) is 1.54. The van der Waals surface area contributed by atoms with E-state index in [-0.39, 0.29) is 12.4 Å². The first-order valence-electron chi connectivity index (χ1n) is 4.19. The van der Waals surface area contributed by atoms with E-state index in [2.05, 4.69) is 15.9 Å². The SMILES string of the molecule is COc1cc(Br)cc2c1COCC2=O. The number of ether oxygens (including phenoxy) is 2. The molecule has 4 heteroatoms. The Kier molecular flexibility index (Phi) is 2.56. The number of methoxy groups -OCH3 is 1. The third-order valence-corrected chi connectivity index (χ3v) is 2.63. The molecule has 0 aliphatic carbocycles. The Morgan fingerprint density at radius 3 is 2.93 bits per heavy atom. The van der Waals surface area contributed by atoms with Crippen LogP contribution in [0.15, 0.2) is 16.6 Å². The van der Waals surface area contributed by atoms with Crippen molar-refractivity contribution in [3.63, 3.8) is 0 Å². The molecule has 1 aliphatic rings. The summed E-state index contributed by atoms with van der Waals surface area (Å²) in [7, 11) is 1.58. The maximum Gasteiger partial charge on any atom is 0.189 e. The number of carbonyl (C=O) groups excluding carboxylic acids is 1. The van der Waals surface area contributed by atoms with E-state index in [1.165, 1.54) is 0 Å². The number of halogens is 1. The average molecular weight is 257 g/mol. The van der Waals surface area contributed by atoms with Crippen molar-refractivity contribution in [3.8, 4) is 5.75 Å². The molecule has 74 valence electrons. The molecule has 0 fully saturated rings. The second-order valence-corrected chi connectivity index (χ2v) is 3.97. The zero-order valence-corrected chi connectivity index (χ0v) is 9.26. The standard InChI is InChI=1S/C10H9BrO3/c1-13-10-3-6(11)2-7-8(10)4-14-5-9(7)12/h2-3H,4-5H2,1H3. The Bertz CT molecular complexity index is 387. The fraction of sp³-hybridized carbons (Fsp3) is 0.300. The van der Waals surface area contributed by atoms with Crippen molar-refractivity contribution in [1.29, 1.82) is 0 Å². The lowest BCUT2D eigenvalue weighted by molar-refractivity contribution is 0.0658. The van der Waals surface area contributed by atoms with Crippen molar-refractivity contribution < 1.29 is 14.3 Å². The summed E-state index contributed by atoms with van der Waals surface area (Å²) in [5.74, 6) is 0.702. The van der Waals surface area contributed by atoms with Crippen molar-refractivity contribution >= 4 is 21.7 Å². The highest BCUT2D eigenvalue weighted by Gasteiger charge is 2.21. The molecular formula is C10H9BrO3. The lowest BCUT2D eigenvalue weighted by Gasteiger charge is -2.18. The Morgan fingerprint density at radius 1 is 1.43 bits per heavy atom. The number of Topliss-reactive ketones (excluding diaryl/α,β-unsaturated/α-hetero) is 1. The van der Waals surface area contributed by atoms with Crippen LogP contribution >= 0.6 is 15.9 Å². The molecule has 0 amide bonds. The fourth-order valence-corrected chi connectivity index (χ4v) is 1.95. The van der Waals surface area contributed by atoms with E-state index in [4.69, 9.17) is 9.47 Å². The smallest absolute Gasteiger partial charge is 0.189 e. The molecule has 3 nitrogen and oxygen atoms in total. The monoisotopic (exact) mass is 256 g/mol. The minimum atomic E-state index is 0.00542. The topological polar surface area (TPSA) is 35.5 Å². The van der Waals surface area contributed by atoms with E-state index in [0.717, 1.165) is 10.0 Å². The molecule has 1 aromatic rings. The van der Waals surface area contributed by atoms with Crippen LogP contribution in [-0.2, 0) is 11.3 Å². The van der Waals surface area contributed by atoms with Gasteiger partial charge in [-0.25, -0.2) is 0 Å². The minimum absolute atomic E-state index is 0.00542. The van der Waals surface area contributed by atoms with E-state index >= 15 is 0 Å². The predicted molar refractivity (Wildman–Crippen MR) is 54.7 cm³/mol. The second kappa shape index (κ2) is 3.71. The van der Waals surface area contributed by atoms with E-state index in [1.54, 1.807) is 7.11 Å². The van der Waals surface area contributed by atoms with E-state index in [0.29, 0.717) is 17.9 Å². The highest BCUT2D eigenvalue weighted by Crippen LogP contribution is 2.30. The lowest BCUT2D eigenvalue weighted by Crippen LogP contribution is -2.18. The summed E-state index contributed by atoms with van der Waals surface area (Å²) in [6, 6.07) is 3.64. The predicted octanol–water partition coefficient (Wildman–Crippen LogP) is 2.17. The van der Waals surface area contributed by atoms with Gasteiger partial charge in [0.05, 0.1) is 13.7 Å². The van der Waals surface area contributed by atoms with E-state index < -0.39 is 0 Å². The lowest BCUT2D eigenvalue weighted by atomic mass is 10.0. The molecule has 0 unspecified atom stereocenters. The number of hydrogen-bond donors (Lipinski definition) is 0. The molecule has 2 rings (SSSR count). The van der Waals surface area contributed by atoms with Gasteiger partial charge in [0.15, 0.2) is 5.78 Å². The van der Waals surface area contributed by atoms with Crippen molar-refractivity contribution in [2.45, 2.75) is 6.61 Å². The fourth-order valence-electron chi connectivity index (χ4n) is 1.52. The van der Waals surface area contributed by atoms with Gasteiger partial charge in [-0.1, -0.05) is 15.9 Å². The van der Waals surface area contributed by atoms with Gasteiger partial charge in [0.2, 0.25) is 0 Å². The summed E-state index contributed by atoms with van der Waals surface area (Å²) in [5, 5.41) is 0. The molecule has 14 heavy (non-hydrogen) atoms. The number of fused-ring (bicyclic) bond motifs is 1. The van der Waals surface area contributed by atoms with Gasteiger partial charge in [-0.05, 0) is 12.1 Å². The molecule has 0 spiro atoms. The number of benzene rings is 1. The normalized spacial score (nSPS) is 15.1. The van der Waals surface area contributed by atoms with Crippen LogP contribution in [0.4, 0.5) is 0 Å². The molecule has 1 heterocycles. The summed E-state index contributed by atoms with van der Waals surface area (Å²) in [6.45, 7) is 0.601. The molecule has 1 aromatic carbocycles. The quantitative estimate of drug-likeness (QED) is 0.773. The maximum absolute atomic E-state index is 11.5. The number of ketones is 1. The molecular weight excluding hydrogens is 248 g/mol. The van der Waals surface area contributed by atoms with Crippen LogP contribution in [0.5, 0.6) is 5.75 Å². The molecule has 0 radical (unpaired) electrons. The maximum atomic E-state index is 11.5. The largest absolute Gasteiger partial charge is 0.496 e. The highest BCUT2D eigenvalue weighted by atomic mass is 79.9. The third-order valence-electron chi connectivity index (χ3n) is 2.17. The average Bonchev–Trinajstić information content (AvgIpc) is 2.18. The zero-order chi connectivity index (χ0) is 10.1. The summed E-state index contributed by atoms with van der Waals surface area (Å²) >= 11 is 3.34. The van der Waals surface area contributed by atoms with Crippen molar-refractivity contribution in [2.75, 3.05) is 13.7 Å². The van der Waals surface area contributed by atoms with Gasteiger partial charge in [-0.2, -0.15) is 0 Å². The summed E-state index contributed by atoms with van der Waals surface area (Å²) in [4.78, 5) is 11.5. The molecule has 1 aliphatic heterocycles. The van der Waals surface area contributed by atoms with Crippen LogP contribution in [-0.4, -0.2) is 19.5 Å². The minimum Gasteiger partial charge on any atom is -0.496 e. The summed E-state index contributed by atoms with van der Waals surface area (Å²) in [6.07, 6.45) is 0. The first-order valence-corrected chi connectivity index (χ1v) is 4.99. The van der Waals surface area contributed by atoms with Crippen molar-refractivity contribution in [3.05, 3.63) is 27.7 Å². The first kappa shape index (κ1) is 9.68. The van der Waals surface area contributed by atoms with Crippen LogP contribution in [0, 0.1) is 0 Å². The third kappa shape index (κ3) is 1.55. The number of hydrogen-bond acceptors (Lipinski definition) is 3. The Hall–Kier alpha value is -0.870. The van der Waals surface area contributed by atoms with Gasteiger partial charge in [-0.3, -0.25) is 4.79 Å². The number of rotatable bonds is 1. The van der Waals surface area contributed by atoms with Gasteiger partial charge in [-0.15, -0.1) is 0 Å². The van der Waals surface area contributed by atoms with Gasteiger partial charge in [0, 0.05) is 15.6 Å². The van der Waals surface area contributed by atoms with Gasteiger partial charge >= 0.3 is 0 Å². The van der Waals surface area contributed by atoms with Crippen LogP contribution in [0.25, 0.3) is 0 Å². The van der Waals surface area contributed by atoms with Gasteiger partial charge < -0.3 is 9.47 Å². The highest BCUT2D eigenvalue weighted by molar-refractivity contribution is 9.10. The molecule has 0 saturated heterocycles. The molecule has 0 saturated carbocycles. The second-order valence-electron chi connectivity index (χ2n) is 3.05. The van der Waals surface area contributed by atoms with Crippen molar-refractivity contribution in [1.82, 2.24) is 0 Å². The van der Waals surface area contributed by atoms with E-state index in [1.807, 2.05) is 12.1 Å². The van der Waals surface area contributed by atoms with Crippen LogP contribution in [0.3, 0.4) is 0 Å². The van der Waals surface area contributed by atoms with Gasteiger partial charge in [0.1, 0.15) is 12.4 Å². The van der Waals surface area contributed by atoms with E-state index in [9.17, 15) is 4.79 Å². The van der Waals surface area contributed by atoms with Crippen molar-refractivity contribution in [2.24, 2.45) is 0 Å².